The minimum atomic E-state index is -0.803. The molecule has 1 saturated heterocycles. The molecular weight excluding hydrogens is 468 g/mol. The third-order valence-electron chi connectivity index (χ3n) is 6.02. The van der Waals surface area contributed by atoms with Crippen LogP contribution in [0.1, 0.15) is 35.2 Å². The highest BCUT2D eigenvalue weighted by atomic mass is 35.5. The highest BCUT2D eigenvalue weighted by Crippen LogP contribution is 2.44. The van der Waals surface area contributed by atoms with Crippen molar-refractivity contribution in [3.8, 4) is 0 Å². The number of halogens is 1. The van der Waals surface area contributed by atoms with Crippen LogP contribution in [0.4, 0.5) is 5.13 Å². The molecule has 1 aromatic heterocycles. The monoisotopic (exact) mass is 488 g/mol. The fourth-order valence-electron chi connectivity index (χ4n) is 4.14. The first-order chi connectivity index (χ1) is 16.4. The van der Waals surface area contributed by atoms with Crippen molar-refractivity contribution < 1.29 is 14.7 Å². The van der Waals surface area contributed by atoms with E-state index in [1.54, 1.807) is 30.3 Å². The van der Waals surface area contributed by atoms with Gasteiger partial charge in [0.25, 0.3) is 5.78 Å². The van der Waals surface area contributed by atoms with Crippen LogP contribution in [0.25, 0.3) is 16.0 Å². The number of nitrogens with zero attached hydrogens (tertiary/aromatic N) is 2. The Kier molecular flexibility index (Phi) is 5.71. The lowest BCUT2D eigenvalue weighted by Gasteiger charge is -2.23. The molecule has 34 heavy (non-hydrogen) atoms. The third kappa shape index (κ3) is 3.79. The number of rotatable bonds is 4. The number of Topliss-reactive ketones (excluding diaryl/α,β-unsaturated/α-hetero) is 1. The van der Waals surface area contributed by atoms with E-state index in [2.05, 4.69) is 11.9 Å². The quantitative estimate of drug-likeness (QED) is 0.204. The predicted octanol–water partition coefficient (Wildman–Crippen LogP) is 6.45. The van der Waals surface area contributed by atoms with Crippen LogP contribution in [0, 0.1) is 6.92 Å². The van der Waals surface area contributed by atoms with E-state index in [-0.39, 0.29) is 11.3 Å². The molecule has 0 saturated carbocycles. The van der Waals surface area contributed by atoms with E-state index >= 15 is 0 Å². The van der Waals surface area contributed by atoms with Gasteiger partial charge in [0.05, 0.1) is 21.8 Å². The van der Waals surface area contributed by atoms with Crippen LogP contribution in [0.15, 0.2) is 72.3 Å². The zero-order valence-electron chi connectivity index (χ0n) is 18.6. The van der Waals surface area contributed by atoms with E-state index in [1.165, 1.54) is 16.2 Å². The molecule has 1 amide bonds. The van der Waals surface area contributed by atoms with Gasteiger partial charge in [-0.3, -0.25) is 14.5 Å². The molecule has 7 heteroatoms. The number of benzene rings is 3. The Hall–Kier alpha value is -3.48. The van der Waals surface area contributed by atoms with Crippen molar-refractivity contribution in [1.82, 2.24) is 4.98 Å². The number of aliphatic hydroxyl groups is 1. The maximum atomic E-state index is 13.3. The number of amides is 1. The number of hydrogen-bond acceptors (Lipinski definition) is 5. The number of anilines is 1. The average Bonchev–Trinajstić information content (AvgIpc) is 3.37. The number of carbonyl (C=O) groups is 2. The van der Waals surface area contributed by atoms with Gasteiger partial charge in [0.1, 0.15) is 5.76 Å². The summed E-state index contributed by atoms with van der Waals surface area (Å²) in [5, 5.41) is 12.2. The number of fused-ring (bicyclic) bond motifs is 1. The highest BCUT2D eigenvalue weighted by molar-refractivity contribution is 7.22. The van der Waals surface area contributed by atoms with E-state index in [0.717, 1.165) is 27.8 Å². The minimum absolute atomic E-state index is 0.0513. The minimum Gasteiger partial charge on any atom is -0.507 e. The Morgan fingerprint density at radius 1 is 1.06 bits per heavy atom. The fraction of sp³-hybridized carbons (Fsp3) is 0.148. The van der Waals surface area contributed by atoms with Gasteiger partial charge in [0, 0.05) is 10.6 Å². The lowest BCUT2D eigenvalue weighted by atomic mass is 9.94. The van der Waals surface area contributed by atoms with E-state index in [4.69, 9.17) is 11.6 Å². The van der Waals surface area contributed by atoms with Gasteiger partial charge in [-0.05, 0) is 42.7 Å². The summed E-state index contributed by atoms with van der Waals surface area (Å²) in [6.07, 6.45) is 0.864. The largest absolute Gasteiger partial charge is 0.507 e. The number of aryl methyl sites for hydroxylation is 2. The molecule has 0 spiro atoms. The van der Waals surface area contributed by atoms with E-state index in [9.17, 15) is 14.7 Å². The van der Waals surface area contributed by atoms with Crippen molar-refractivity contribution in [2.75, 3.05) is 4.90 Å². The fourth-order valence-corrected chi connectivity index (χ4v) is 5.41. The molecule has 1 unspecified atom stereocenters. The lowest BCUT2D eigenvalue weighted by molar-refractivity contribution is -0.132. The van der Waals surface area contributed by atoms with Crippen LogP contribution in [0.3, 0.4) is 0 Å². The van der Waals surface area contributed by atoms with Crippen molar-refractivity contribution in [3.63, 3.8) is 0 Å². The number of ketones is 1. The second-order valence-electron chi connectivity index (χ2n) is 8.24. The smallest absolute Gasteiger partial charge is 0.301 e. The second-order valence-corrected chi connectivity index (χ2v) is 9.68. The maximum absolute atomic E-state index is 13.3. The van der Waals surface area contributed by atoms with Gasteiger partial charge >= 0.3 is 5.91 Å². The van der Waals surface area contributed by atoms with Crippen molar-refractivity contribution in [2.24, 2.45) is 0 Å². The molecule has 0 radical (unpaired) electrons. The molecule has 1 N–H and O–H groups in total. The Labute approximate surface area is 205 Å². The molecule has 5 rings (SSSR count). The highest BCUT2D eigenvalue weighted by Gasteiger charge is 2.48. The molecule has 1 aliphatic heterocycles. The van der Waals surface area contributed by atoms with E-state index in [0.29, 0.717) is 21.2 Å². The van der Waals surface area contributed by atoms with Gasteiger partial charge in [-0.2, -0.15) is 0 Å². The number of carbonyl (C=O) groups excluding carboxylic acids is 2. The van der Waals surface area contributed by atoms with Crippen LogP contribution in [0.5, 0.6) is 0 Å². The number of aromatic nitrogens is 1. The van der Waals surface area contributed by atoms with Crippen LogP contribution in [-0.2, 0) is 16.0 Å². The number of aliphatic hydroxyl groups excluding tert-OH is 1. The van der Waals surface area contributed by atoms with Gasteiger partial charge in [0.15, 0.2) is 5.13 Å². The Morgan fingerprint density at radius 2 is 1.76 bits per heavy atom. The van der Waals surface area contributed by atoms with Gasteiger partial charge < -0.3 is 5.11 Å². The van der Waals surface area contributed by atoms with E-state index in [1.807, 2.05) is 43.3 Å². The standard InChI is InChI=1S/C27H21ClN2O3S/c1-3-16-6-10-17(11-7-16)23-22(24(31)18-8-4-15(2)5-9-18)25(32)26(33)30(23)27-29-20-13-12-19(28)14-21(20)34-27/h4-14,23,31H,3H2,1-2H3. The average molecular weight is 489 g/mol. The summed E-state index contributed by atoms with van der Waals surface area (Å²) in [7, 11) is 0. The molecule has 0 aliphatic carbocycles. The molecule has 1 fully saturated rings. The number of thiazole rings is 1. The molecule has 1 atom stereocenters. The first kappa shape index (κ1) is 22.3. The molecule has 5 nitrogen and oxygen atoms in total. The van der Waals surface area contributed by atoms with Gasteiger partial charge in [-0.1, -0.05) is 84.0 Å². The SMILES string of the molecule is CCc1ccc(C2C(=C(O)c3ccc(C)cc3)C(=O)C(=O)N2c2nc3ccc(Cl)cc3s2)cc1. The summed E-state index contributed by atoms with van der Waals surface area (Å²) in [5.74, 6) is -1.65. The Morgan fingerprint density at radius 3 is 2.44 bits per heavy atom. The van der Waals surface area contributed by atoms with Crippen LogP contribution in [-0.4, -0.2) is 21.8 Å². The topological polar surface area (TPSA) is 70.5 Å². The third-order valence-corrected chi connectivity index (χ3v) is 7.27. The van der Waals surface area contributed by atoms with Gasteiger partial charge in [-0.15, -0.1) is 0 Å². The van der Waals surface area contributed by atoms with Crippen molar-refractivity contribution >= 4 is 55.7 Å². The van der Waals surface area contributed by atoms with Crippen molar-refractivity contribution in [3.05, 3.63) is 99.6 Å². The normalized spacial score (nSPS) is 17.6. The van der Waals surface area contributed by atoms with Crippen LogP contribution >= 0.6 is 22.9 Å². The summed E-state index contributed by atoms with van der Waals surface area (Å²) in [5.41, 5.74) is 4.10. The first-order valence-electron chi connectivity index (χ1n) is 10.9. The Bertz CT molecular complexity index is 1460. The summed E-state index contributed by atoms with van der Waals surface area (Å²) in [4.78, 5) is 32.6. The molecule has 0 bridgehead atoms. The summed E-state index contributed by atoms with van der Waals surface area (Å²) >= 11 is 7.43. The summed E-state index contributed by atoms with van der Waals surface area (Å²) in [6, 6.07) is 19.4. The summed E-state index contributed by atoms with van der Waals surface area (Å²) in [6.45, 7) is 4.00. The molecule has 3 aromatic carbocycles. The summed E-state index contributed by atoms with van der Waals surface area (Å²) < 4.78 is 0.808. The van der Waals surface area contributed by atoms with E-state index < -0.39 is 17.7 Å². The second kappa shape index (κ2) is 8.70. The van der Waals surface area contributed by atoms with Crippen molar-refractivity contribution in [2.45, 2.75) is 26.3 Å². The molecule has 2 heterocycles. The van der Waals surface area contributed by atoms with Gasteiger partial charge in [-0.25, -0.2) is 4.98 Å². The molecule has 170 valence electrons. The zero-order chi connectivity index (χ0) is 24.0. The maximum Gasteiger partial charge on any atom is 0.301 e. The van der Waals surface area contributed by atoms with Crippen molar-refractivity contribution in [1.29, 1.82) is 0 Å². The lowest BCUT2D eigenvalue weighted by Crippen LogP contribution is -2.29. The van der Waals surface area contributed by atoms with Gasteiger partial charge in [0.2, 0.25) is 0 Å². The predicted molar refractivity (Wildman–Crippen MR) is 136 cm³/mol. The van der Waals surface area contributed by atoms with Crippen LogP contribution in [0.2, 0.25) is 5.02 Å². The van der Waals surface area contributed by atoms with Crippen LogP contribution < -0.4 is 4.90 Å². The first-order valence-corrected chi connectivity index (χ1v) is 12.1. The number of hydrogen-bond donors (Lipinski definition) is 1. The Balaban J connectivity index is 1.72. The molecule has 4 aromatic rings. The molecular formula is C27H21ClN2O3S. The zero-order valence-corrected chi connectivity index (χ0v) is 20.2. The molecule has 1 aliphatic rings.